The molecule has 104 valence electrons. The first-order valence-electron chi connectivity index (χ1n) is 6.89. The Labute approximate surface area is 115 Å². The first kappa shape index (κ1) is 13.9. The van der Waals surface area contributed by atoms with Crippen LogP contribution in [0.5, 0.6) is 0 Å². The van der Waals surface area contributed by atoms with Crippen molar-refractivity contribution in [1.29, 1.82) is 0 Å². The van der Waals surface area contributed by atoms with Gasteiger partial charge in [-0.15, -0.1) is 0 Å². The van der Waals surface area contributed by atoms with Gasteiger partial charge in [0.05, 0.1) is 0 Å². The summed E-state index contributed by atoms with van der Waals surface area (Å²) in [4.78, 5) is 16.3. The molecule has 0 saturated carbocycles. The summed E-state index contributed by atoms with van der Waals surface area (Å²) in [5, 5.41) is 3.01. The topological polar surface area (TPSA) is 35.6 Å². The minimum atomic E-state index is 0.0243. The third-order valence-corrected chi connectivity index (χ3v) is 3.48. The smallest absolute Gasteiger partial charge is 0.322 e. The van der Waals surface area contributed by atoms with Crippen molar-refractivity contribution < 1.29 is 4.79 Å². The number of carbonyl (C=O) groups excluding carboxylic acids is 1. The van der Waals surface area contributed by atoms with Gasteiger partial charge in [-0.1, -0.05) is 18.2 Å². The molecule has 1 aliphatic rings. The summed E-state index contributed by atoms with van der Waals surface area (Å²) < 4.78 is 0. The molecule has 1 atom stereocenters. The van der Waals surface area contributed by atoms with E-state index < -0.39 is 0 Å². The zero-order chi connectivity index (χ0) is 13.8. The molecule has 2 rings (SSSR count). The van der Waals surface area contributed by atoms with Crippen LogP contribution in [0.4, 0.5) is 10.5 Å². The van der Waals surface area contributed by atoms with Gasteiger partial charge in [-0.25, -0.2) is 4.79 Å². The third kappa shape index (κ3) is 3.26. The Balaban J connectivity index is 1.92. The zero-order valence-electron chi connectivity index (χ0n) is 12.0. The molecule has 0 aromatic heterocycles. The Morgan fingerprint density at radius 3 is 2.89 bits per heavy atom. The second-order valence-electron chi connectivity index (χ2n) is 5.44. The average molecular weight is 261 g/mol. The second kappa shape index (κ2) is 6.06. The van der Waals surface area contributed by atoms with Crippen LogP contribution in [0.1, 0.15) is 18.9 Å². The van der Waals surface area contributed by atoms with Gasteiger partial charge in [-0.05, 0) is 52.0 Å². The van der Waals surface area contributed by atoms with Gasteiger partial charge < -0.3 is 10.2 Å². The molecule has 2 amide bonds. The number of hydrogen-bond donors (Lipinski definition) is 1. The first-order chi connectivity index (χ1) is 9.09. The van der Waals surface area contributed by atoms with Crippen molar-refractivity contribution in [1.82, 2.24) is 10.2 Å². The number of nitrogens with zero attached hydrogens (tertiary/aromatic N) is 2. The molecule has 0 radical (unpaired) electrons. The molecule has 0 bridgehead atoms. The highest BCUT2D eigenvalue weighted by atomic mass is 16.2. The van der Waals surface area contributed by atoms with Crippen LogP contribution < -0.4 is 10.2 Å². The van der Waals surface area contributed by atoms with Gasteiger partial charge in [-0.2, -0.15) is 0 Å². The standard InChI is InChI=1S/C15H23N3O/c1-12-11-13-7-4-5-8-14(13)18(12)15(19)16-9-6-10-17(2)3/h4-5,7-8,12H,6,9-11H2,1-3H3,(H,16,19). The summed E-state index contributed by atoms with van der Waals surface area (Å²) in [6.07, 6.45) is 1.92. The molecule has 0 aliphatic carbocycles. The summed E-state index contributed by atoms with van der Waals surface area (Å²) in [6.45, 7) is 3.81. The maximum absolute atomic E-state index is 12.3. The summed E-state index contributed by atoms with van der Waals surface area (Å²) in [7, 11) is 4.08. The first-order valence-corrected chi connectivity index (χ1v) is 6.89. The molecule has 1 heterocycles. The molecule has 1 aromatic rings. The van der Waals surface area contributed by atoms with E-state index in [9.17, 15) is 4.79 Å². The van der Waals surface area contributed by atoms with E-state index in [1.807, 2.05) is 37.2 Å². The normalized spacial score (nSPS) is 17.7. The Kier molecular flexibility index (Phi) is 4.43. The van der Waals surface area contributed by atoms with Crippen molar-refractivity contribution >= 4 is 11.7 Å². The van der Waals surface area contributed by atoms with E-state index in [2.05, 4.69) is 23.2 Å². The van der Waals surface area contributed by atoms with Gasteiger partial charge in [-0.3, -0.25) is 4.90 Å². The molecular weight excluding hydrogens is 238 g/mol. The van der Waals surface area contributed by atoms with Gasteiger partial charge in [0.25, 0.3) is 0 Å². The highest BCUT2D eigenvalue weighted by Crippen LogP contribution is 2.31. The molecule has 0 spiro atoms. The number of anilines is 1. The van der Waals surface area contributed by atoms with E-state index in [0.717, 1.165) is 31.6 Å². The van der Waals surface area contributed by atoms with E-state index in [4.69, 9.17) is 0 Å². The summed E-state index contributed by atoms with van der Waals surface area (Å²) in [6, 6.07) is 8.42. The van der Waals surface area contributed by atoms with Crippen molar-refractivity contribution in [2.75, 3.05) is 32.1 Å². The van der Waals surface area contributed by atoms with E-state index in [-0.39, 0.29) is 12.1 Å². The predicted molar refractivity (Wildman–Crippen MR) is 78.7 cm³/mol. The van der Waals surface area contributed by atoms with E-state index in [1.54, 1.807) is 0 Å². The minimum Gasteiger partial charge on any atom is -0.338 e. The van der Waals surface area contributed by atoms with Gasteiger partial charge >= 0.3 is 6.03 Å². The summed E-state index contributed by atoms with van der Waals surface area (Å²) in [5.41, 5.74) is 2.32. The molecular formula is C15H23N3O. The molecule has 0 fully saturated rings. The van der Waals surface area contributed by atoms with Gasteiger partial charge in [0.2, 0.25) is 0 Å². The number of rotatable bonds is 4. The van der Waals surface area contributed by atoms with Gasteiger partial charge in [0, 0.05) is 18.3 Å². The lowest BCUT2D eigenvalue weighted by molar-refractivity contribution is 0.244. The van der Waals surface area contributed by atoms with Crippen LogP contribution in [-0.2, 0) is 6.42 Å². The van der Waals surface area contributed by atoms with Crippen LogP contribution in [0.2, 0.25) is 0 Å². The van der Waals surface area contributed by atoms with Gasteiger partial charge in [0.15, 0.2) is 0 Å². The number of benzene rings is 1. The molecule has 1 unspecified atom stereocenters. The van der Waals surface area contributed by atoms with E-state index in [0.29, 0.717) is 0 Å². The number of nitrogens with one attached hydrogen (secondary N) is 1. The maximum atomic E-state index is 12.3. The number of hydrogen-bond acceptors (Lipinski definition) is 2. The van der Waals surface area contributed by atoms with E-state index >= 15 is 0 Å². The fourth-order valence-electron chi connectivity index (χ4n) is 2.55. The van der Waals surface area contributed by atoms with Crippen LogP contribution in [0, 0.1) is 0 Å². The second-order valence-corrected chi connectivity index (χ2v) is 5.44. The molecule has 4 nitrogen and oxygen atoms in total. The molecule has 4 heteroatoms. The molecule has 1 N–H and O–H groups in total. The summed E-state index contributed by atoms with van der Waals surface area (Å²) >= 11 is 0. The molecule has 1 aromatic carbocycles. The Morgan fingerprint density at radius 1 is 1.42 bits per heavy atom. The SMILES string of the molecule is CC1Cc2ccccc2N1C(=O)NCCCN(C)C. The van der Waals surface area contributed by atoms with Crippen LogP contribution in [-0.4, -0.2) is 44.2 Å². The van der Waals surface area contributed by atoms with Crippen LogP contribution in [0.25, 0.3) is 0 Å². The lowest BCUT2D eigenvalue weighted by Crippen LogP contribution is -2.43. The molecule has 1 aliphatic heterocycles. The Bertz CT molecular complexity index is 445. The van der Waals surface area contributed by atoms with Crippen molar-refractivity contribution in [3.05, 3.63) is 29.8 Å². The summed E-state index contributed by atoms with van der Waals surface area (Å²) in [5.74, 6) is 0. The van der Waals surface area contributed by atoms with Crippen molar-refractivity contribution in [2.24, 2.45) is 0 Å². The van der Waals surface area contributed by atoms with Crippen molar-refractivity contribution in [2.45, 2.75) is 25.8 Å². The number of fused-ring (bicyclic) bond motifs is 1. The zero-order valence-corrected chi connectivity index (χ0v) is 12.0. The number of para-hydroxylation sites is 1. The monoisotopic (exact) mass is 261 g/mol. The Morgan fingerprint density at radius 2 is 2.16 bits per heavy atom. The van der Waals surface area contributed by atoms with Crippen LogP contribution in [0.15, 0.2) is 24.3 Å². The highest BCUT2D eigenvalue weighted by Gasteiger charge is 2.30. The van der Waals surface area contributed by atoms with Gasteiger partial charge in [0.1, 0.15) is 0 Å². The van der Waals surface area contributed by atoms with Crippen LogP contribution >= 0.6 is 0 Å². The minimum absolute atomic E-state index is 0.0243. The fourth-order valence-corrected chi connectivity index (χ4v) is 2.55. The number of urea groups is 1. The van der Waals surface area contributed by atoms with Crippen LogP contribution in [0.3, 0.4) is 0 Å². The average Bonchev–Trinajstić information content (AvgIpc) is 2.70. The number of amides is 2. The Hall–Kier alpha value is -1.55. The van der Waals surface area contributed by atoms with Crippen molar-refractivity contribution in [3.8, 4) is 0 Å². The predicted octanol–water partition coefficient (Wildman–Crippen LogP) is 2.10. The van der Waals surface area contributed by atoms with E-state index in [1.165, 1.54) is 5.56 Å². The largest absolute Gasteiger partial charge is 0.338 e. The molecule has 0 saturated heterocycles. The van der Waals surface area contributed by atoms with Crippen molar-refractivity contribution in [3.63, 3.8) is 0 Å². The third-order valence-electron chi connectivity index (χ3n) is 3.48. The quantitative estimate of drug-likeness (QED) is 0.843. The lowest BCUT2D eigenvalue weighted by atomic mass is 10.1. The molecule has 19 heavy (non-hydrogen) atoms. The maximum Gasteiger partial charge on any atom is 0.322 e. The highest BCUT2D eigenvalue weighted by molar-refractivity contribution is 5.94. The lowest BCUT2D eigenvalue weighted by Gasteiger charge is -2.23. The fraction of sp³-hybridized carbons (Fsp3) is 0.533. The number of carbonyl (C=O) groups is 1.